The monoisotopic (exact) mass is 443 g/mol. The maximum Gasteiger partial charge on any atom is 0.260 e. The van der Waals surface area contributed by atoms with Crippen LogP contribution in [-0.2, 0) is 4.79 Å². The quantitative estimate of drug-likeness (QED) is 0.700. The molecule has 0 saturated carbocycles. The smallest absolute Gasteiger partial charge is 0.260 e. The molecule has 23 heavy (non-hydrogen) atoms. The van der Waals surface area contributed by atoms with E-state index in [1.165, 1.54) is 0 Å². The predicted molar refractivity (Wildman–Crippen MR) is 95.3 cm³/mol. The lowest BCUT2D eigenvalue weighted by Crippen LogP contribution is -2.50. The molecule has 1 aromatic carbocycles. The molecule has 0 radical (unpaired) electrons. The molecule has 7 heteroatoms. The van der Waals surface area contributed by atoms with Crippen molar-refractivity contribution in [3.05, 3.63) is 26.6 Å². The Balaban J connectivity index is 1.84. The molecule has 2 rings (SSSR count). The summed E-state index contributed by atoms with van der Waals surface area (Å²) in [6.07, 6.45) is 0.536. The van der Waals surface area contributed by atoms with Crippen LogP contribution >= 0.6 is 31.9 Å². The second kappa shape index (κ2) is 8.67. The third kappa shape index (κ3) is 5.20. The predicted octanol–water partition coefficient (Wildman–Crippen LogP) is 2.96. The molecule has 5 nitrogen and oxygen atoms in total. The molecule has 1 heterocycles. The number of nitrogens with zero attached hydrogens (tertiary/aromatic N) is 3. The van der Waals surface area contributed by atoms with E-state index < -0.39 is 0 Å². The number of aryl methyl sites for hydroxylation is 1. The van der Waals surface area contributed by atoms with Crippen molar-refractivity contribution in [3.63, 3.8) is 0 Å². The standard InChI is InChI=1S/C16H19Br2N3O2/c1-12-9-13(17)10-14(18)16(12)23-11-15(22)21-7-5-20(6-8-21)4-2-3-19/h9-10H,2,4-8,11H2,1H3. The number of nitriles is 1. The number of piperazine rings is 1. The third-order valence-electron chi connectivity index (χ3n) is 3.80. The third-order valence-corrected chi connectivity index (χ3v) is 4.85. The molecular formula is C16H19Br2N3O2. The number of benzene rings is 1. The van der Waals surface area contributed by atoms with Gasteiger partial charge in [-0.25, -0.2) is 0 Å². The number of ether oxygens (including phenoxy) is 1. The minimum atomic E-state index is -0.000785. The van der Waals surface area contributed by atoms with E-state index in [1.807, 2.05) is 24.0 Å². The van der Waals surface area contributed by atoms with Gasteiger partial charge in [-0.1, -0.05) is 15.9 Å². The van der Waals surface area contributed by atoms with Gasteiger partial charge in [0, 0.05) is 43.6 Å². The lowest BCUT2D eigenvalue weighted by molar-refractivity contribution is -0.135. The van der Waals surface area contributed by atoms with Crippen LogP contribution in [0.15, 0.2) is 21.1 Å². The Hall–Kier alpha value is -1.10. The Morgan fingerprint density at radius 3 is 2.61 bits per heavy atom. The average Bonchev–Trinajstić information content (AvgIpc) is 2.52. The van der Waals surface area contributed by atoms with Crippen LogP contribution in [0.25, 0.3) is 0 Å². The summed E-state index contributed by atoms with van der Waals surface area (Å²) in [6.45, 7) is 5.77. The van der Waals surface area contributed by atoms with Crippen molar-refractivity contribution < 1.29 is 9.53 Å². The van der Waals surface area contributed by atoms with Gasteiger partial charge in [0.2, 0.25) is 0 Å². The average molecular weight is 445 g/mol. The summed E-state index contributed by atoms with van der Waals surface area (Å²) in [5.41, 5.74) is 0.973. The number of rotatable bonds is 5. The Morgan fingerprint density at radius 1 is 1.30 bits per heavy atom. The molecule has 124 valence electrons. The van der Waals surface area contributed by atoms with Crippen molar-refractivity contribution in [2.45, 2.75) is 13.3 Å². The first-order valence-electron chi connectivity index (χ1n) is 7.47. The number of hydrogen-bond acceptors (Lipinski definition) is 4. The largest absolute Gasteiger partial charge is 0.482 e. The molecule has 1 aliphatic heterocycles. The van der Waals surface area contributed by atoms with Crippen molar-refractivity contribution in [1.29, 1.82) is 5.26 Å². The fourth-order valence-corrected chi connectivity index (χ4v) is 4.08. The second-order valence-corrected chi connectivity index (χ2v) is 7.22. The highest BCUT2D eigenvalue weighted by atomic mass is 79.9. The summed E-state index contributed by atoms with van der Waals surface area (Å²) in [4.78, 5) is 16.3. The van der Waals surface area contributed by atoms with Gasteiger partial charge >= 0.3 is 0 Å². The van der Waals surface area contributed by atoms with Crippen molar-refractivity contribution in [3.8, 4) is 11.8 Å². The van der Waals surface area contributed by atoms with E-state index in [1.54, 1.807) is 0 Å². The van der Waals surface area contributed by atoms with Crippen molar-refractivity contribution in [1.82, 2.24) is 9.80 Å². The summed E-state index contributed by atoms with van der Waals surface area (Å²) < 4.78 is 7.51. The molecule has 0 aromatic heterocycles. The summed E-state index contributed by atoms with van der Waals surface area (Å²) in [6, 6.07) is 6.01. The minimum Gasteiger partial charge on any atom is -0.482 e. The van der Waals surface area contributed by atoms with E-state index in [2.05, 4.69) is 42.8 Å². The Kier molecular flexibility index (Phi) is 6.88. The van der Waals surface area contributed by atoms with Crippen molar-refractivity contribution in [2.75, 3.05) is 39.3 Å². The number of carbonyl (C=O) groups excluding carboxylic acids is 1. The van der Waals surface area contributed by atoms with Crippen LogP contribution < -0.4 is 4.74 Å². The topological polar surface area (TPSA) is 56.6 Å². The van der Waals surface area contributed by atoms with Crippen LogP contribution in [-0.4, -0.2) is 55.0 Å². The lowest BCUT2D eigenvalue weighted by atomic mass is 10.2. The number of halogens is 2. The van der Waals surface area contributed by atoms with E-state index in [-0.39, 0.29) is 12.5 Å². The molecule has 1 aliphatic rings. The maximum atomic E-state index is 12.3. The van der Waals surface area contributed by atoms with Crippen LogP contribution in [0, 0.1) is 18.3 Å². The van der Waals surface area contributed by atoms with E-state index in [4.69, 9.17) is 10.00 Å². The zero-order valence-electron chi connectivity index (χ0n) is 13.0. The zero-order chi connectivity index (χ0) is 16.8. The first-order valence-corrected chi connectivity index (χ1v) is 9.05. The number of carbonyl (C=O) groups is 1. The molecule has 1 aromatic rings. The second-order valence-electron chi connectivity index (χ2n) is 5.45. The summed E-state index contributed by atoms with van der Waals surface area (Å²) in [5.74, 6) is 0.702. The van der Waals surface area contributed by atoms with E-state index >= 15 is 0 Å². The van der Waals surface area contributed by atoms with Crippen LogP contribution in [0.2, 0.25) is 0 Å². The Labute approximate surface area is 153 Å². The van der Waals surface area contributed by atoms with Gasteiger partial charge in [-0.3, -0.25) is 9.69 Å². The van der Waals surface area contributed by atoms with Gasteiger partial charge in [-0.2, -0.15) is 5.26 Å². The molecule has 1 saturated heterocycles. The van der Waals surface area contributed by atoms with Gasteiger partial charge in [0.1, 0.15) is 5.75 Å². The van der Waals surface area contributed by atoms with Gasteiger partial charge in [0.05, 0.1) is 10.5 Å². The van der Waals surface area contributed by atoms with Gasteiger partial charge in [0.15, 0.2) is 6.61 Å². The molecule has 0 spiro atoms. The SMILES string of the molecule is Cc1cc(Br)cc(Br)c1OCC(=O)N1CCN(CCC#N)CC1. The first kappa shape index (κ1) is 18.2. The lowest BCUT2D eigenvalue weighted by Gasteiger charge is -2.34. The fraction of sp³-hybridized carbons (Fsp3) is 0.500. The molecule has 1 amide bonds. The highest BCUT2D eigenvalue weighted by Crippen LogP contribution is 2.32. The summed E-state index contributed by atoms with van der Waals surface area (Å²) in [5, 5.41) is 8.61. The maximum absolute atomic E-state index is 12.3. The normalized spacial score (nSPS) is 15.3. The zero-order valence-corrected chi connectivity index (χ0v) is 16.2. The van der Waals surface area contributed by atoms with E-state index in [9.17, 15) is 4.79 Å². The van der Waals surface area contributed by atoms with Crippen LogP contribution in [0.5, 0.6) is 5.75 Å². The number of amides is 1. The minimum absolute atomic E-state index is 0.000785. The Bertz CT molecular complexity index is 585. The highest BCUT2D eigenvalue weighted by Gasteiger charge is 2.21. The van der Waals surface area contributed by atoms with Crippen LogP contribution in [0.1, 0.15) is 12.0 Å². The summed E-state index contributed by atoms with van der Waals surface area (Å²) in [7, 11) is 0. The van der Waals surface area contributed by atoms with E-state index in [0.29, 0.717) is 25.3 Å². The van der Waals surface area contributed by atoms with Crippen molar-refractivity contribution in [2.24, 2.45) is 0 Å². The van der Waals surface area contributed by atoms with Gasteiger partial charge < -0.3 is 9.64 Å². The van der Waals surface area contributed by atoms with Gasteiger partial charge in [0.25, 0.3) is 5.91 Å². The first-order chi connectivity index (χ1) is 11.0. The summed E-state index contributed by atoms with van der Waals surface area (Å²) >= 11 is 6.89. The molecular weight excluding hydrogens is 426 g/mol. The molecule has 0 atom stereocenters. The molecule has 0 N–H and O–H groups in total. The molecule has 0 bridgehead atoms. The molecule has 0 unspecified atom stereocenters. The molecule has 0 aliphatic carbocycles. The van der Waals surface area contributed by atoms with Crippen LogP contribution in [0.3, 0.4) is 0 Å². The van der Waals surface area contributed by atoms with Crippen LogP contribution in [0.4, 0.5) is 0 Å². The van der Waals surface area contributed by atoms with E-state index in [0.717, 1.165) is 34.1 Å². The highest BCUT2D eigenvalue weighted by molar-refractivity contribution is 9.11. The van der Waals surface area contributed by atoms with Gasteiger partial charge in [-0.15, -0.1) is 0 Å². The number of hydrogen-bond donors (Lipinski definition) is 0. The van der Waals surface area contributed by atoms with Gasteiger partial charge in [-0.05, 0) is 40.5 Å². The van der Waals surface area contributed by atoms with Crippen molar-refractivity contribution >= 4 is 37.8 Å². The Morgan fingerprint density at radius 2 is 2.00 bits per heavy atom. The molecule has 1 fully saturated rings. The fourth-order valence-electron chi connectivity index (χ4n) is 2.53.